The van der Waals surface area contributed by atoms with Gasteiger partial charge in [-0.05, 0) is 94.6 Å². The molecule has 0 bridgehead atoms. The second-order valence-corrected chi connectivity index (χ2v) is 24.0. The fourth-order valence-corrected chi connectivity index (χ4v) is 12.7. The van der Waals surface area contributed by atoms with Gasteiger partial charge in [-0.25, -0.2) is 24.9 Å². The number of hydrogen-bond acceptors (Lipinski definition) is 24. The maximum atomic E-state index is 9.77. The number of ether oxygens (including phenoxy) is 3. The highest BCUT2D eigenvalue weighted by molar-refractivity contribution is 6.45. The predicted molar refractivity (Wildman–Crippen MR) is 362 cm³/mol. The van der Waals surface area contributed by atoms with Crippen LogP contribution >= 0.6 is 23.2 Å². The molecule has 26 nitrogen and oxygen atoms in total. The summed E-state index contributed by atoms with van der Waals surface area (Å²) >= 11 is 12.0. The van der Waals surface area contributed by atoms with Crippen molar-refractivity contribution in [3.05, 3.63) is 121 Å². The molecule has 0 spiro atoms. The first kappa shape index (κ1) is 63.9. The van der Waals surface area contributed by atoms with E-state index in [1.54, 1.807) is 50.1 Å². The quantitative estimate of drug-likeness (QED) is 0.0528. The van der Waals surface area contributed by atoms with Crippen LogP contribution in [0, 0.1) is 0 Å². The number of nitrogens with one attached hydrogen (secondary N) is 2. The summed E-state index contributed by atoms with van der Waals surface area (Å²) in [5.74, 6) is 2.46. The lowest BCUT2D eigenvalue weighted by Crippen LogP contribution is -2.51. The van der Waals surface area contributed by atoms with Crippen molar-refractivity contribution in [2.75, 3.05) is 124 Å². The molecule has 15 heterocycles. The highest BCUT2D eigenvalue weighted by Gasteiger charge is 2.27. The molecule has 0 saturated carbocycles. The molecular formula is C62H75B2Cl2N21O5. The zero-order valence-corrected chi connectivity index (χ0v) is 53.1. The van der Waals surface area contributed by atoms with E-state index < -0.39 is 7.05 Å². The van der Waals surface area contributed by atoms with Gasteiger partial charge in [0.05, 0.1) is 52.2 Å². The Hall–Kier alpha value is -8.18. The van der Waals surface area contributed by atoms with Crippen molar-refractivity contribution in [2.45, 2.75) is 70.3 Å². The Bertz CT molecular complexity index is 4050. The Morgan fingerprint density at radius 2 is 1.00 bits per heavy atom. The summed E-state index contributed by atoms with van der Waals surface area (Å²) in [6.07, 6.45) is 25.5. The Morgan fingerprint density at radius 1 is 0.500 bits per heavy atom. The van der Waals surface area contributed by atoms with E-state index in [1.807, 2.05) is 68.1 Å². The van der Waals surface area contributed by atoms with Gasteiger partial charge in [-0.1, -0.05) is 23.2 Å². The van der Waals surface area contributed by atoms with Gasteiger partial charge in [0.25, 0.3) is 0 Å². The van der Waals surface area contributed by atoms with Crippen molar-refractivity contribution in [2.24, 2.45) is 0 Å². The van der Waals surface area contributed by atoms with Crippen molar-refractivity contribution in [3.63, 3.8) is 0 Å². The second-order valence-electron chi connectivity index (χ2n) is 23.2. The van der Waals surface area contributed by atoms with Crippen LogP contribution in [0.3, 0.4) is 0 Å². The van der Waals surface area contributed by atoms with Crippen LogP contribution in [-0.4, -0.2) is 196 Å². The molecular weight excluding hydrogens is 1210 g/mol. The van der Waals surface area contributed by atoms with E-state index in [-0.39, 0.29) is 13.0 Å². The first-order chi connectivity index (χ1) is 44.9. The van der Waals surface area contributed by atoms with Crippen molar-refractivity contribution in [1.29, 1.82) is 0 Å². The molecule has 92 heavy (non-hydrogen) atoms. The minimum atomic E-state index is -0.402. The molecule has 0 amide bonds. The summed E-state index contributed by atoms with van der Waals surface area (Å²) in [4.78, 5) is 56.4. The third-order valence-electron chi connectivity index (χ3n) is 17.4. The molecule has 0 radical (unpaired) electrons. The number of hydrogen-bond donors (Lipinski definition) is 6. The monoisotopic (exact) mass is 1290 g/mol. The number of halogens is 2. The number of anilines is 7. The maximum Gasteiger partial charge on any atom is 0.376 e. The molecule has 0 aliphatic carbocycles. The maximum absolute atomic E-state index is 9.77. The van der Waals surface area contributed by atoms with E-state index in [0.717, 1.165) is 197 Å². The average Bonchev–Trinajstić information content (AvgIpc) is 1.62. The minimum absolute atomic E-state index is 0.235. The van der Waals surface area contributed by atoms with Crippen LogP contribution in [0.5, 0.6) is 0 Å². The Morgan fingerprint density at radius 3 is 1.53 bits per heavy atom. The highest BCUT2D eigenvalue weighted by Crippen LogP contribution is 2.37. The first-order valence-electron chi connectivity index (χ1n) is 31.3. The van der Waals surface area contributed by atoms with Crippen molar-refractivity contribution < 1.29 is 24.3 Å². The van der Waals surface area contributed by atoms with Gasteiger partial charge in [-0.2, -0.15) is 15.0 Å². The lowest BCUT2D eigenvalue weighted by atomic mass is 9.84. The number of nitrogens with zero attached hydrogens (tertiary/aromatic N) is 17. The number of aromatic nitrogens is 13. The zero-order chi connectivity index (χ0) is 63.5. The number of rotatable bonds is 11. The van der Waals surface area contributed by atoms with Crippen LogP contribution in [0.25, 0.3) is 55.0 Å². The van der Waals surface area contributed by atoms with E-state index in [4.69, 9.17) is 53.9 Å². The van der Waals surface area contributed by atoms with Gasteiger partial charge in [0.15, 0.2) is 0 Å². The lowest BCUT2D eigenvalue weighted by molar-refractivity contribution is 0.0714. The normalized spacial score (nSPS) is 17.2. The third kappa shape index (κ3) is 15.1. The standard InChI is InChI=1S/C24H29BN8O2.C14H16ClN5O.C14H15N5O.C10H15BClN3O/c1-25(34)32-10-8-31(9-11-32)18-2-3-22(27-14-18)29-24-28-15-20-19-4-7-26-16-21(19)33(23(20)30-24)17-5-12-35-13-6-17;15-12-8-17-4-1-10(12)11-7-18-14(16)20-13(11)19-9-2-5-21-6-3-9;15-14-17-7-11-10-1-4-16-8-12(10)19(13(11)18-14)9-2-5-20-6-3-9;1-11(16)15-6-4-14(5-7-15)9-2-3-10(12)13-8-9/h2-4,7,14-17,34H,5-6,8-13H2,1H3,(H,27,28,29,30);1,4,7-9H,2-3,5-6H2,(H3,16,18,19,20);1,4,7-9H,2-3,5-6H2,(H2,15,17,18);2-3,8,16H,4-7H2,1H3. The van der Waals surface area contributed by atoms with E-state index in [9.17, 15) is 10.0 Å². The van der Waals surface area contributed by atoms with Crippen molar-refractivity contribution in [1.82, 2.24) is 73.6 Å². The molecule has 0 atom stereocenters. The molecule has 5 fully saturated rings. The van der Waals surface area contributed by atoms with Gasteiger partial charge in [0, 0.05) is 186 Å². The van der Waals surface area contributed by atoms with Crippen molar-refractivity contribution in [3.8, 4) is 11.1 Å². The van der Waals surface area contributed by atoms with Gasteiger partial charge < -0.3 is 74.9 Å². The molecule has 5 aliphatic heterocycles. The first-order valence-corrected chi connectivity index (χ1v) is 32.1. The predicted octanol–water partition coefficient (Wildman–Crippen LogP) is 7.95. The van der Waals surface area contributed by atoms with Crippen molar-refractivity contribution >= 4 is 122 Å². The molecule has 5 aliphatic rings. The van der Waals surface area contributed by atoms with Crippen LogP contribution < -0.4 is 31.9 Å². The van der Waals surface area contributed by atoms with Crippen LogP contribution in [0.1, 0.15) is 50.6 Å². The molecule has 0 unspecified atom stereocenters. The van der Waals surface area contributed by atoms with Crippen LogP contribution in [0.15, 0.2) is 111 Å². The molecule has 10 aromatic heterocycles. The number of piperazine rings is 2. The summed E-state index contributed by atoms with van der Waals surface area (Å²) in [5.41, 5.74) is 19.3. The van der Waals surface area contributed by atoms with E-state index in [0.29, 0.717) is 51.8 Å². The molecule has 478 valence electrons. The highest BCUT2D eigenvalue weighted by atomic mass is 35.5. The van der Waals surface area contributed by atoms with E-state index >= 15 is 0 Å². The molecule has 15 rings (SSSR count). The number of pyridine rings is 5. The number of fused-ring (bicyclic) bond motifs is 6. The minimum Gasteiger partial charge on any atom is -0.437 e. The topological polar surface area (TPSA) is 309 Å². The summed E-state index contributed by atoms with van der Waals surface area (Å²) in [5, 5.41) is 31.3. The SMILES string of the molecule is CB(O)N1CCN(c2ccc(Cl)nc2)CC1.CB(O)N1CCN(c2ccc(Nc3ncc4c5ccncc5n(C5CCOCC5)c4n3)nc2)CC1.Nc1ncc(-c2ccncc2Cl)c(NC2CCOCC2)n1.Nc1ncc2c3ccncc3n(C3CCOCC3)c2n1. The van der Waals surface area contributed by atoms with Gasteiger partial charge in [0.1, 0.15) is 28.1 Å². The summed E-state index contributed by atoms with van der Waals surface area (Å²) in [6, 6.07) is 14.7. The lowest BCUT2D eigenvalue weighted by Gasteiger charge is -2.36. The van der Waals surface area contributed by atoms with Gasteiger partial charge in [-0.3, -0.25) is 15.0 Å². The molecule has 10 aromatic rings. The Balaban J connectivity index is 0.000000124. The third-order valence-corrected chi connectivity index (χ3v) is 17.9. The van der Waals surface area contributed by atoms with Crippen LogP contribution in [0.4, 0.5) is 40.9 Å². The summed E-state index contributed by atoms with van der Waals surface area (Å²) in [7, 11) is -0.758. The van der Waals surface area contributed by atoms with E-state index in [2.05, 4.69) is 95.1 Å². The smallest absolute Gasteiger partial charge is 0.376 e. The summed E-state index contributed by atoms with van der Waals surface area (Å²) < 4.78 is 21.0. The molecule has 5 saturated heterocycles. The fraction of sp³-hybridized carbons (Fsp3) is 0.403. The van der Waals surface area contributed by atoms with Gasteiger partial charge in [-0.15, -0.1) is 0 Å². The number of nitrogens with two attached hydrogens (primary N) is 2. The Labute approximate surface area is 543 Å². The summed E-state index contributed by atoms with van der Waals surface area (Å²) in [6.45, 7) is 15.2. The number of nitrogen functional groups attached to an aromatic ring is 2. The second kappa shape index (κ2) is 30.1. The molecule has 30 heteroatoms. The molecule has 8 N–H and O–H groups in total. The average molecular weight is 1290 g/mol. The van der Waals surface area contributed by atoms with Crippen LogP contribution in [0.2, 0.25) is 23.8 Å². The Kier molecular flexibility index (Phi) is 20.9. The zero-order valence-electron chi connectivity index (χ0n) is 51.6. The van der Waals surface area contributed by atoms with Crippen LogP contribution in [-0.2, 0) is 14.2 Å². The van der Waals surface area contributed by atoms with Gasteiger partial charge >= 0.3 is 14.1 Å². The van der Waals surface area contributed by atoms with E-state index in [1.165, 1.54) is 0 Å². The molecule has 0 aromatic carbocycles. The fourth-order valence-electron chi connectivity index (χ4n) is 12.4. The largest absolute Gasteiger partial charge is 0.437 e. The van der Waals surface area contributed by atoms with Gasteiger partial charge in [0.2, 0.25) is 17.8 Å².